The van der Waals surface area contributed by atoms with Crippen LogP contribution in [0.3, 0.4) is 0 Å². The molecule has 0 aliphatic carbocycles. The van der Waals surface area contributed by atoms with Crippen LogP contribution >= 0.6 is 11.3 Å². The van der Waals surface area contributed by atoms with Crippen molar-refractivity contribution in [2.45, 2.75) is 6.92 Å². The number of benzene rings is 2. The quantitative estimate of drug-likeness (QED) is 0.468. The topological polar surface area (TPSA) is 108 Å². The highest BCUT2D eigenvalue weighted by Crippen LogP contribution is 2.27. The number of halogens is 1. The van der Waals surface area contributed by atoms with Crippen LogP contribution in [0.1, 0.15) is 25.9 Å². The number of thiazole rings is 1. The maximum atomic E-state index is 14.6. The van der Waals surface area contributed by atoms with Gasteiger partial charge in [-0.1, -0.05) is 12.1 Å². The molecule has 1 aliphatic heterocycles. The Morgan fingerprint density at radius 1 is 1.03 bits per heavy atom. The molecule has 0 unspecified atom stereocenters. The fourth-order valence-corrected chi connectivity index (χ4v) is 4.50. The summed E-state index contributed by atoms with van der Waals surface area (Å²) in [4.78, 5) is 45.1. The average molecular weight is 494 g/mol. The third-order valence-electron chi connectivity index (χ3n) is 5.74. The van der Waals surface area contributed by atoms with E-state index in [9.17, 15) is 18.8 Å². The second-order valence-electron chi connectivity index (χ2n) is 7.98. The molecule has 2 aromatic carbocycles. The van der Waals surface area contributed by atoms with Gasteiger partial charge in [0.1, 0.15) is 17.3 Å². The van der Waals surface area contributed by atoms with Crippen molar-refractivity contribution in [3.8, 4) is 11.6 Å². The molecule has 2 aromatic heterocycles. The molecule has 35 heavy (non-hydrogen) atoms. The number of amides is 2. The van der Waals surface area contributed by atoms with E-state index in [-0.39, 0.29) is 41.7 Å². The van der Waals surface area contributed by atoms with E-state index in [1.165, 1.54) is 28.4 Å². The fourth-order valence-electron chi connectivity index (χ4n) is 3.92. The summed E-state index contributed by atoms with van der Waals surface area (Å²) in [6.07, 6.45) is 0. The van der Waals surface area contributed by atoms with Crippen LogP contribution in [0.4, 0.5) is 4.39 Å². The van der Waals surface area contributed by atoms with Crippen molar-refractivity contribution >= 4 is 33.9 Å². The van der Waals surface area contributed by atoms with Crippen molar-refractivity contribution in [3.05, 3.63) is 80.3 Å². The van der Waals surface area contributed by atoms with Gasteiger partial charge in [-0.3, -0.25) is 14.4 Å². The van der Waals surface area contributed by atoms with Crippen LogP contribution in [-0.2, 0) is 0 Å². The van der Waals surface area contributed by atoms with Crippen LogP contribution in [0.15, 0.2) is 52.6 Å². The Bertz CT molecular complexity index is 1490. The highest BCUT2D eigenvalue weighted by Gasteiger charge is 2.28. The first-order valence-corrected chi connectivity index (χ1v) is 11.7. The van der Waals surface area contributed by atoms with E-state index in [0.29, 0.717) is 29.6 Å². The molecular weight excluding hydrogens is 473 g/mol. The van der Waals surface area contributed by atoms with E-state index >= 15 is 0 Å². The summed E-state index contributed by atoms with van der Waals surface area (Å²) >= 11 is 1.41. The van der Waals surface area contributed by atoms with Crippen LogP contribution in [0.2, 0.25) is 0 Å². The Morgan fingerprint density at radius 2 is 1.71 bits per heavy atom. The van der Waals surface area contributed by atoms with E-state index < -0.39 is 11.7 Å². The number of carbonyl (C=O) groups excluding carboxylic acids is 2. The van der Waals surface area contributed by atoms with Crippen molar-refractivity contribution < 1.29 is 18.7 Å². The van der Waals surface area contributed by atoms with Crippen LogP contribution < -0.4 is 10.3 Å². The van der Waals surface area contributed by atoms with Gasteiger partial charge in [0.15, 0.2) is 0 Å². The zero-order valence-electron chi connectivity index (χ0n) is 18.7. The van der Waals surface area contributed by atoms with E-state index in [1.807, 2.05) is 6.92 Å². The molecule has 2 amide bonds. The molecule has 0 spiro atoms. The lowest BCUT2D eigenvalue weighted by Crippen LogP contribution is -2.50. The maximum absolute atomic E-state index is 14.6. The number of hydrogen-bond acceptors (Lipinski definition) is 7. The zero-order valence-corrected chi connectivity index (χ0v) is 19.5. The molecule has 0 atom stereocenters. The smallest absolute Gasteiger partial charge is 0.273 e. The van der Waals surface area contributed by atoms with Crippen LogP contribution in [0.25, 0.3) is 10.8 Å². The van der Waals surface area contributed by atoms with Crippen molar-refractivity contribution in [1.29, 1.82) is 0 Å². The molecule has 0 radical (unpaired) electrons. The number of aromatic amines is 1. The summed E-state index contributed by atoms with van der Waals surface area (Å²) in [5.74, 6) is -1.02. The number of rotatable bonds is 4. The lowest BCUT2D eigenvalue weighted by molar-refractivity contribution is 0.0530. The monoisotopic (exact) mass is 493 g/mol. The van der Waals surface area contributed by atoms with Crippen LogP contribution in [0, 0.1) is 12.7 Å². The number of nitrogens with one attached hydrogen (secondary N) is 1. The standard InChI is InChI=1S/C24H20FN5O4S/c1-14-26-20(13-35-14)24(33)30-10-8-29(9-11-30)23(32)18-12-15(6-7-19(18)25)34-22-17-5-3-2-4-16(17)21(31)27-28-22/h2-7,12-13H,8-11H2,1H3,(H,27,31). The zero-order chi connectivity index (χ0) is 24.5. The van der Waals surface area contributed by atoms with Gasteiger partial charge in [-0.05, 0) is 37.3 Å². The molecule has 11 heteroatoms. The number of nitrogens with zero attached hydrogens (tertiary/aromatic N) is 4. The van der Waals surface area contributed by atoms with Crippen molar-refractivity contribution in [3.63, 3.8) is 0 Å². The number of aryl methyl sites for hydroxylation is 1. The van der Waals surface area contributed by atoms with Gasteiger partial charge in [-0.25, -0.2) is 14.5 Å². The van der Waals surface area contributed by atoms with E-state index in [4.69, 9.17) is 4.74 Å². The highest BCUT2D eigenvalue weighted by molar-refractivity contribution is 7.09. The van der Waals surface area contributed by atoms with Gasteiger partial charge in [0.25, 0.3) is 17.4 Å². The average Bonchev–Trinajstić information content (AvgIpc) is 3.32. The molecule has 178 valence electrons. The Kier molecular flexibility index (Phi) is 6.00. The second-order valence-corrected chi connectivity index (χ2v) is 9.05. The van der Waals surface area contributed by atoms with Gasteiger partial charge in [-0.15, -0.1) is 16.4 Å². The molecule has 5 rings (SSSR count). The van der Waals surface area contributed by atoms with Crippen molar-refractivity contribution in [2.24, 2.45) is 0 Å². The first-order valence-electron chi connectivity index (χ1n) is 10.9. The minimum absolute atomic E-state index is 0.134. The Hall–Kier alpha value is -4.12. The molecule has 9 nitrogen and oxygen atoms in total. The normalized spacial score (nSPS) is 13.8. The summed E-state index contributed by atoms with van der Waals surface area (Å²) < 4.78 is 20.4. The number of H-pyrrole nitrogens is 1. The Morgan fingerprint density at radius 3 is 2.40 bits per heavy atom. The molecule has 4 aromatic rings. The van der Waals surface area contributed by atoms with Gasteiger partial charge in [-0.2, -0.15) is 0 Å². The van der Waals surface area contributed by atoms with Gasteiger partial charge >= 0.3 is 0 Å². The number of fused-ring (bicyclic) bond motifs is 1. The van der Waals surface area contributed by atoms with Gasteiger partial charge in [0.05, 0.1) is 21.3 Å². The van der Waals surface area contributed by atoms with Crippen molar-refractivity contribution in [1.82, 2.24) is 25.0 Å². The largest absolute Gasteiger partial charge is 0.437 e. The lowest BCUT2D eigenvalue weighted by Gasteiger charge is -2.34. The lowest BCUT2D eigenvalue weighted by atomic mass is 10.1. The third kappa shape index (κ3) is 4.50. The highest BCUT2D eigenvalue weighted by atomic mass is 32.1. The van der Waals surface area contributed by atoms with Gasteiger partial charge in [0, 0.05) is 31.6 Å². The van der Waals surface area contributed by atoms with E-state index in [2.05, 4.69) is 15.2 Å². The fraction of sp³-hybridized carbons (Fsp3) is 0.208. The number of piperazine rings is 1. The third-order valence-corrected chi connectivity index (χ3v) is 6.51. The molecule has 1 N–H and O–H groups in total. The number of hydrogen-bond donors (Lipinski definition) is 1. The molecule has 1 fully saturated rings. The molecule has 1 saturated heterocycles. The molecule has 3 heterocycles. The molecular formula is C24H20FN5O4S. The summed E-state index contributed by atoms with van der Waals surface area (Å²) in [5, 5.41) is 9.74. The van der Waals surface area contributed by atoms with Crippen LogP contribution in [-0.4, -0.2) is 63.0 Å². The maximum Gasteiger partial charge on any atom is 0.273 e. The summed E-state index contributed by atoms with van der Waals surface area (Å²) in [7, 11) is 0. The Balaban J connectivity index is 1.31. The number of aromatic nitrogens is 3. The predicted molar refractivity (Wildman–Crippen MR) is 127 cm³/mol. The SMILES string of the molecule is Cc1nc(C(=O)N2CCN(C(=O)c3cc(Oc4n[nH]c(=O)c5ccccc45)ccc3F)CC2)cs1. The first kappa shape index (κ1) is 22.7. The van der Waals surface area contributed by atoms with Gasteiger partial charge in [0.2, 0.25) is 5.88 Å². The molecule has 1 aliphatic rings. The summed E-state index contributed by atoms with van der Waals surface area (Å²) in [6.45, 7) is 3.02. The number of carbonyl (C=O) groups is 2. The Labute approximate surface area is 202 Å². The molecule has 0 bridgehead atoms. The van der Waals surface area contributed by atoms with Crippen LogP contribution in [0.5, 0.6) is 11.6 Å². The molecule has 0 saturated carbocycles. The summed E-state index contributed by atoms with van der Waals surface area (Å²) in [6, 6.07) is 10.7. The minimum atomic E-state index is -0.682. The van der Waals surface area contributed by atoms with E-state index in [0.717, 1.165) is 11.1 Å². The number of ether oxygens (including phenoxy) is 1. The minimum Gasteiger partial charge on any atom is -0.437 e. The predicted octanol–water partition coefficient (Wildman–Crippen LogP) is 3.22. The first-order chi connectivity index (χ1) is 16.9. The van der Waals surface area contributed by atoms with E-state index in [1.54, 1.807) is 34.5 Å². The summed E-state index contributed by atoms with van der Waals surface area (Å²) in [5.41, 5.74) is -0.108. The second kappa shape index (κ2) is 9.26. The van der Waals surface area contributed by atoms with Gasteiger partial charge < -0.3 is 14.5 Å². The van der Waals surface area contributed by atoms with Crippen molar-refractivity contribution in [2.75, 3.05) is 26.2 Å².